The van der Waals surface area contributed by atoms with E-state index in [0.29, 0.717) is 17.2 Å². The smallest absolute Gasteiger partial charge is 0.337 e. The van der Waals surface area contributed by atoms with Crippen molar-refractivity contribution in [2.24, 2.45) is 5.92 Å². The van der Waals surface area contributed by atoms with Gasteiger partial charge in [0.25, 0.3) is 0 Å². The maximum atomic E-state index is 13.5. The van der Waals surface area contributed by atoms with Crippen LogP contribution < -0.4 is 5.32 Å². The Morgan fingerprint density at radius 1 is 1.09 bits per heavy atom. The lowest BCUT2D eigenvalue weighted by Crippen LogP contribution is -2.49. The zero-order valence-corrected chi connectivity index (χ0v) is 18.4. The molecule has 6 nitrogen and oxygen atoms in total. The molecule has 2 aliphatic rings. The van der Waals surface area contributed by atoms with E-state index >= 15 is 0 Å². The third-order valence-electron chi connectivity index (χ3n) is 6.27. The van der Waals surface area contributed by atoms with Gasteiger partial charge in [-0.2, -0.15) is 0 Å². The molecular weight excluding hydrogens is 409 g/mol. The second-order valence-electron chi connectivity index (χ2n) is 8.73. The maximum absolute atomic E-state index is 13.5. The fourth-order valence-corrected chi connectivity index (χ4v) is 4.25. The van der Waals surface area contributed by atoms with Gasteiger partial charge in [-0.1, -0.05) is 18.2 Å². The van der Waals surface area contributed by atoms with Crippen LogP contribution in [-0.2, 0) is 11.3 Å². The Balaban J connectivity index is 1.33. The summed E-state index contributed by atoms with van der Waals surface area (Å²) in [4.78, 5) is 28.9. The molecule has 2 aromatic carbocycles. The van der Waals surface area contributed by atoms with Crippen LogP contribution in [0.4, 0.5) is 14.9 Å². The Bertz CT molecular complexity index is 938. The number of methoxy groups -OCH3 is 1. The van der Waals surface area contributed by atoms with Crippen molar-refractivity contribution in [1.29, 1.82) is 0 Å². The van der Waals surface area contributed by atoms with Crippen molar-refractivity contribution in [3.63, 3.8) is 0 Å². The first-order valence-corrected chi connectivity index (χ1v) is 11.2. The number of hydrogen-bond donors (Lipinski definition) is 1. The van der Waals surface area contributed by atoms with E-state index < -0.39 is 0 Å². The molecule has 1 saturated carbocycles. The van der Waals surface area contributed by atoms with Crippen LogP contribution in [0.15, 0.2) is 48.5 Å². The van der Waals surface area contributed by atoms with Gasteiger partial charge in [0, 0.05) is 37.9 Å². The molecule has 32 heavy (non-hydrogen) atoms. The fraction of sp³-hybridized carbons (Fsp3) is 0.440. The molecule has 0 spiro atoms. The van der Waals surface area contributed by atoms with Crippen LogP contribution in [0.1, 0.15) is 41.6 Å². The predicted molar refractivity (Wildman–Crippen MR) is 121 cm³/mol. The third-order valence-corrected chi connectivity index (χ3v) is 6.27. The number of likely N-dealkylation sites (tertiary alicyclic amines) is 1. The number of ether oxygens (including phenoxy) is 1. The number of nitrogens with zero attached hydrogens (tertiary/aromatic N) is 2. The lowest BCUT2D eigenvalue weighted by atomic mass is 10.0. The van der Waals surface area contributed by atoms with Crippen molar-refractivity contribution in [1.82, 2.24) is 9.80 Å². The number of rotatable bonds is 7. The summed E-state index contributed by atoms with van der Waals surface area (Å²) >= 11 is 0. The number of carbonyl (C=O) groups excluding carboxylic acids is 2. The molecule has 2 amide bonds. The number of nitrogens with one attached hydrogen (secondary N) is 1. The van der Waals surface area contributed by atoms with E-state index in [1.165, 1.54) is 32.1 Å². The van der Waals surface area contributed by atoms with Crippen molar-refractivity contribution >= 4 is 17.7 Å². The average Bonchev–Trinajstić information content (AvgIpc) is 3.62. The summed E-state index contributed by atoms with van der Waals surface area (Å²) in [6, 6.07) is 13.6. The number of urea groups is 1. The lowest BCUT2D eigenvalue weighted by molar-refractivity contribution is 0.0600. The first-order chi connectivity index (χ1) is 15.5. The van der Waals surface area contributed by atoms with Gasteiger partial charge in [0.15, 0.2) is 0 Å². The summed E-state index contributed by atoms with van der Waals surface area (Å²) in [5, 5.41) is 2.88. The minimum atomic E-state index is -0.357. The van der Waals surface area contributed by atoms with E-state index in [-0.39, 0.29) is 23.9 Å². The summed E-state index contributed by atoms with van der Waals surface area (Å²) in [6.45, 7) is 3.38. The molecule has 0 aromatic heterocycles. The molecule has 1 N–H and O–H groups in total. The van der Waals surface area contributed by atoms with Gasteiger partial charge in [-0.15, -0.1) is 0 Å². The lowest BCUT2D eigenvalue weighted by Gasteiger charge is -2.38. The van der Waals surface area contributed by atoms with E-state index in [9.17, 15) is 14.0 Å². The van der Waals surface area contributed by atoms with Gasteiger partial charge in [0.1, 0.15) is 5.82 Å². The summed E-state index contributed by atoms with van der Waals surface area (Å²) in [5.41, 5.74) is 2.19. The second kappa shape index (κ2) is 10.1. The molecular formula is C25H30FN3O3. The first-order valence-electron chi connectivity index (χ1n) is 11.2. The molecule has 1 aliphatic carbocycles. The predicted octanol–water partition coefficient (Wildman–Crippen LogP) is 4.52. The summed E-state index contributed by atoms with van der Waals surface area (Å²) in [5.74, 6) is -0.103. The van der Waals surface area contributed by atoms with Gasteiger partial charge in [0.2, 0.25) is 0 Å². The topological polar surface area (TPSA) is 61.9 Å². The van der Waals surface area contributed by atoms with Crippen molar-refractivity contribution in [3.8, 4) is 0 Å². The van der Waals surface area contributed by atoms with E-state index in [0.717, 1.165) is 44.6 Å². The van der Waals surface area contributed by atoms with Crippen LogP contribution in [0.25, 0.3) is 0 Å². The van der Waals surface area contributed by atoms with Crippen molar-refractivity contribution < 1.29 is 18.7 Å². The monoisotopic (exact) mass is 439 g/mol. The number of amides is 2. The molecule has 7 heteroatoms. The molecule has 1 heterocycles. The Morgan fingerprint density at radius 3 is 2.44 bits per heavy atom. The van der Waals surface area contributed by atoms with Crippen LogP contribution >= 0.6 is 0 Å². The molecule has 1 aliphatic heterocycles. The van der Waals surface area contributed by atoms with Crippen molar-refractivity contribution in [3.05, 3.63) is 65.5 Å². The highest BCUT2D eigenvalue weighted by molar-refractivity contribution is 5.90. The highest BCUT2D eigenvalue weighted by Crippen LogP contribution is 2.32. The standard InChI is InChI=1S/C25H30FN3O3/c1-32-24(30)20-9-7-18(8-10-20)16-28-13-11-23(12-14-28)29(17-19-5-6-19)25(31)27-22-4-2-3-21(26)15-22/h2-4,7-10,15,19,23H,5-6,11-14,16-17H2,1H3,(H,27,31). The van der Waals surface area contributed by atoms with Crippen molar-refractivity contribution in [2.75, 3.05) is 32.1 Å². The summed E-state index contributed by atoms with van der Waals surface area (Å²) in [7, 11) is 1.38. The number of anilines is 1. The maximum Gasteiger partial charge on any atom is 0.337 e. The molecule has 0 bridgehead atoms. The second-order valence-corrected chi connectivity index (χ2v) is 8.73. The van der Waals surface area contributed by atoms with Crippen LogP contribution in [0.2, 0.25) is 0 Å². The van der Waals surface area contributed by atoms with Gasteiger partial charge in [-0.3, -0.25) is 4.90 Å². The van der Waals surface area contributed by atoms with E-state index in [1.807, 2.05) is 17.0 Å². The largest absolute Gasteiger partial charge is 0.465 e. The third kappa shape index (κ3) is 5.85. The van der Waals surface area contributed by atoms with Crippen molar-refractivity contribution in [2.45, 2.75) is 38.3 Å². The summed E-state index contributed by atoms with van der Waals surface area (Å²) < 4.78 is 18.3. The minimum Gasteiger partial charge on any atom is -0.465 e. The quantitative estimate of drug-likeness (QED) is 0.645. The molecule has 1 saturated heterocycles. The zero-order chi connectivity index (χ0) is 22.5. The van der Waals surface area contributed by atoms with Gasteiger partial charge < -0.3 is 15.0 Å². The molecule has 2 fully saturated rings. The van der Waals surface area contributed by atoms with Gasteiger partial charge in [0.05, 0.1) is 12.7 Å². The number of benzene rings is 2. The van der Waals surface area contributed by atoms with E-state index in [1.54, 1.807) is 24.3 Å². The van der Waals surface area contributed by atoms with Crippen LogP contribution in [0.3, 0.4) is 0 Å². The SMILES string of the molecule is COC(=O)c1ccc(CN2CCC(N(CC3CC3)C(=O)Nc3cccc(F)c3)CC2)cc1. The zero-order valence-electron chi connectivity index (χ0n) is 18.4. The fourth-order valence-electron chi connectivity index (χ4n) is 4.25. The number of hydrogen-bond acceptors (Lipinski definition) is 4. The minimum absolute atomic E-state index is 0.139. The van der Waals surface area contributed by atoms with Gasteiger partial charge in [-0.25, -0.2) is 14.0 Å². The van der Waals surface area contributed by atoms with Crippen LogP contribution in [-0.4, -0.2) is 54.6 Å². The normalized spacial score (nSPS) is 17.1. The number of carbonyl (C=O) groups is 2. The van der Waals surface area contributed by atoms with Crippen LogP contribution in [0.5, 0.6) is 0 Å². The van der Waals surface area contributed by atoms with Gasteiger partial charge in [-0.05, 0) is 67.5 Å². The summed E-state index contributed by atoms with van der Waals surface area (Å²) in [6.07, 6.45) is 4.15. The molecule has 170 valence electrons. The number of halogens is 1. The molecule has 4 rings (SSSR count). The number of esters is 1. The molecule has 2 aromatic rings. The van der Waals surface area contributed by atoms with E-state index in [4.69, 9.17) is 4.74 Å². The molecule has 0 unspecified atom stereocenters. The molecule has 0 radical (unpaired) electrons. The Labute approximate surface area is 188 Å². The van der Waals surface area contributed by atoms with E-state index in [2.05, 4.69) is 10.2 Å². The Kier molecular flexibility index (Phi) is 7.05. The number of piperidine rings is 1. The Morgan fingerprint density at radius 2 is 1.81 bits per heavy atom. The highest BCUT2D eigenvalue weighted by Gasteiger charge is 2.33. The van der Waals surface area contributed by atoms with Gasteiger partial charge >= 0.3 is 12.0 Å². The Hall–Kier alpha value is -2.93. The highest BCUT2D eigenvalue weighted by atomic mass is 19.1. The van der Waals surface area contributed by atoms with Crippen LogP contribution in [0, 0.1) is 11.7 Å². The molecule has 0 atom stereocenters. The first kappa shape index (κ1) is 22.3. The average molecular weight is 440 g/mol.